The lowest BCUT2D eigenvalue weighted by Gasteiger charge is -2.32. The highest BCUT2D eigenvalue weighted by molar-refractivity contribution is 6.30. The van der Waals surface area contributed by atoms with Crippen LogP contribution in [0, 0.1) is 22.6 Å². The van der Waals surface area contributed by atoms with Crippen LogP contribution < -0.4 is 10.5 Å². The molecule has 210 valence electrons. The van der Waals surface area contributed by atoms with Crippen molar-refractivity contribution in [2.75, 3.05) is 13.1 Å². The van der Waals surface area contributed by atoms with Crippen molar-refractivity contribution in [3.63, 3.8) is 0 Å². The van der Waals surface area contributed by atoms with Gasteiger partial charge < -0.3 is 4.74 Å². The van der Waals surface area contributed by atoms with Crippen molar-refractivity contribution in [1.29, 1.82) is 5.26 Å². The van der Waals surface area contributed by atoms with E-state index in [1.807, 2.05) is 18.2 Å². The Morgan fingerprint density at radius 2 is 2.02 bits per heavy atom. The number of nitrogens with zero attached hydrogens (tertiary/aromatic N) is 5. The van der Waals surface area contributed by atoms with Crippen LogP contribution in [0.1, 0.15) is 54.1 Å². The molecule has 1 saturated carbocycles. The quantitative estimate of drug-likeness (QED) is 0.281. The van der Waals surface area contributed by atoms with Gasteiger partial charge in [0.1, 0.15) is 12.4 Å². The minimum absolute atomic E-state index is 0.0752. The van der Waals surface area contributed by atoms with Crippen molar-refractivity contribution in [3.05, 3.63) is 92.6 Å². The number of benzene rings is 1. The second-order valence-corrected chi connectivity index (χ2v) is 11.3. The molecular formula is C30H28ClFN6O3. The monoisotopic (exact) mass is 574 g/mol. The van der Waals surface area contributed by atoms with Gasteiger partial charge in [0.2, 0.25) is 5.88 Å². The molecule has 0 radical (unpaired) electrons. The third-order valence-corrected chi connectivity index (χ3v) is 8.14. The van der Waals surface area contributed by atoms with E-state index >= 15 is 0 Å². The first kappa shape index (κ1) is 27.1. The fourth-order valence-corrected chi connectivity index (χ4v) is 5.45. The summed E-state index contributed by atoms with van der Waals surface area (Å²) in [7, 11) is 0. The second kappa shape index (κ2) is 11.4. The van der Waals surface area contributed by atoms with Gasteiger partial charge >= 0.3 is 5.76 Å². The van der Waals surface area contributed by atoms with E-state index < -0.39 is 11.6 Å². The van der Waals surface area contributed by atoms with Gasteiger partial charge in [-0.25, -0.2) is 14.2 Å². The van der Waals surface area contributed by atoms with Gasteiger partial charge in [0.15, 0.2) is 5.82 Å². The molecule has 4 heterocycles. The van der Waals surface area contributed by atoms with Gasteiger partial charge in [-0.1, -0.05) is 28.9 Å². The summed E-state index contributed by atoms with van der Waals surface area (Å²) in [5.74, 6) is 0.0600. The molecule has 1 saturated heterocycles. The Bertz CT molecular complexity index is 1650. The van der Waals surface area contributed by atoms with Crippen molar-refractivity contribution in [2.45, 2.75) is 51.2 Å². The zero-order chi connectivity index (χ0) is 28.4. The standard InChI is InChI=1S/C30H28ClFN6O3/c31-23-5-4-20(24(32)13-23)17-40-27-3-1-2-25(35-27)19-6-10-38(11-7-19)16-26-21(14-30(18-33)8-9-30)12-22(15-34-26)28-36-29(39)41-37-28/h1-5,12-13,15,19H,6-11,14,16-17H2,(H,36,37,39). The number of ether oxygens (including phenoxy) is 1. The number of hydrogen-bond acceptors (Lipinski definition) is 8. The normalized spacial score (nSPS) is 16.8. The van der Waals surface area contributed by atoms with Crippen LogP contribution in [-0.4, -0.2) is 38.1 Å². The van der Waals surface area contributed by atoms with Gasteiger partial charge in [0.25, 0.3) is 0 Å². The molecule has 11 heteroatoms. The molecule has 0 atom stereocenters. The average Bonchev–Trinajstić information content (AvgIpc) is 3.62. The Morgan fingerprint density at radius 1 is 1.20 bits per heavy atom. The Labute approximate surface area is 240 Å². The maximum absolute atomic E-state index is 14.1. The third-order valence-electron chi connectivity index (χ3n) is 7.91. The molecule has 1 aliphatic carbocycles. The molecule has 2 aliphatic rings. The number of aromatic amines is 1. The van der Waals surface area contributed by atoms with Gasteiger partial charge in [-0.2, -0.15) is 5.26 Å². The summed E-state index contributed by atoms with van der Waals surface area (Å²) in [5.41, 5.74) is 3.64. The Kier molecular flexibility index (Phi) is 7.56. The highest BCUT2D eigenvalue weighted by atomic mass is 35.5. The summed E-state index contributed by atoms with van der Waals surface area (Å²) in [6.45, 7) is 2.49. The van der Waals surface area contributed by atoms with E-state index in [0.717, 1.165) is 55.7 Å². The predicted octanol–water partition coefficient (Wildman–Crippen LogP) is 5.42. The van der Waals surface area contributed by atoms with Crippen LogP contribution in [0.4, 0.5) is 4.39 Å². The smallest absolute Gasteiger partial charge is 0.439 e. The molecule has 1 aromatic carbocycles. The van der Waals surface area contributed by atoms with Gasteiger partial charge in [0.05, 0.1) is 17.2 Å². The van der Waals surface area contributed by atoms with Crippen LogP contribution in [-0.2, 0) is 19.6 Å². The maximum atomic E-state index is 14.1. The zero-order valence-electron chi connectivity index (χ0n) is 22.3. The van der Waals surface area contributed by atoms with Crippen molar-refractivity contribution in [3.8, 4) is 23.3 Å². The Morgan fingerprint density at radius 3 is 2.73 bits per heavy atom. The van der Waals surface area contributed by atoms with Crippen LogP contribution in [0.25, 0.3) is 11.4 Å². The lowest BCUT2D eigenvalue weighted by Crippen LogP contribution is -2.33. The lowest BCUT2D eigenvalue weighted by molar-refractivity contribution is 0.199. The van der Waals surface area contributed by atoms with Crippen LogP contribution in [0.15, 0.2) is 58.0 Å². The number of H-pyrrole nitrogens is 1. The third kappa shape index (κ3) is 6.32. The van der Waals surface area contributed by atoms with Crippen LogP contribution in [0.3, 0.4) is 0 Å². The van der Waals surface area contributed by atoms with E-state index in [4.69, 9.17) is 26.3 Å². The van der Waals surface area contributed by atoms with Crippen molar-refractivity contribution >= 4 is 11.6 Å². The van der Waals surface area contributed by atoms with Crippen LogP contribution >= 0.6 is 11.6 Å². The molecule has 0 bridgehead atoms. The number of rotatable bonds is 9. The van der Waals surface area contributed by atoms with Crippen molar-refractivity contribution in [1.82, 2.24) is 25.0 Å². The fraction of sp³-hybridized carbons (Fsp3) is 0.367. The molecule has 0 spiro atoms. The highest BCUT2D eigenvalue weighted by Crippen LogP contribution is 2.48. The SMILES string of the molecule is N#CC1(Cc2cc(-c3noc(=O)[nH]3)cnc2CN2CCC(c3cccc(OCc4ccc(Cl)cc4F)n3)CC2)CC1. The highest BCUT2D eigenvalue weighted by Gasteiger charge is 2.43. The zero-order valence-corrected chi connectivity index (χ0v) is 23.0. The molecule has 41 heavy (non-hydrogen) atoms. The molecular weight excluding hydrogens is 547 g/mol. The molecule has 1 aliphatic heterocycles. The van der Waals surface area contributed by atoms with E-state index in [9.17, 15) is 14.4 Å². The summed E-state index contributed by atoms with van der Waals surface area (Å²) in [6.07, 6.45) is 5.93. The molecule has 3 aromatic heterocycles. The first-order valence-corrected chi connectivity index (χ1v) is 14.0. The summed E-state index contributed by atoms with van der Waals surface area (Å²) in [6, 6.07) is 14.7. The van der Waals surface area contributed by atoms with Crippen molar-refractivity contribution in [2.24, 2.45) is 5.41 Å². The number of aromatic nitrogens is 4. The maximum Gasteiger partial charge on any atom is 0.439 e. The molecule has 2 fully saturated rings. The van der Waals surface area contributed by atoms with E-state index in [1.54, 1.807) is 24.4 Å². The van der Waals surface area contributed by atoms with Gasteiger partial charge in [-0.05, 0) is 75.0 Å². The number of piperidine rings is 1. The number of hydrogen-bond donors (Lipinski definition) is 1. The summed E-state index contributed by atoms with van der Waals surface area (Å²) >= 11 is 5.84. The molecule has 0 amide bonds. The first-order chi connectivity index (χ1) is 19.9. The summed E-state index contributed by atoms with van der Waals surface area (Å²) in [5, 5.41) is 13.8. The number of nitriles is 1. The summed E-state index contributed by atoms with van der Waals surface area (Å²) in [4.78, 5) is 25.8. The predicted molar refractivity (Wildman–Crippen MR) is 149 cm³/mol. The molecule has 4 aromatic rings. The molecule has 6 rings (SSSR count). The number of pyridine rings is 2. The van der Waals surface area contributed by atoms with Crippen LogP contribution in [0.2, 0.25) is 5.02 Å². The average molecular weight is 575 g/mol. The molecule has 1 N–H and O–H groups in total. The number of likely N-dealkylation sites (tertiary alicyclic amines) is 1. The van der Waals surface area contributed by atoms with Gasteiger partial charge in [-0.3, -0.25) is 19.4 Å². The number of nitrogens with one attached hydrogen (secondary N) is 1. The van der Waals surface area contributed by atoms with Gasteiger partial charge in [-0.15, -0.1) is 0 Å². The molecule has 9 nitrogen and oxygen atoms in total. The number of halogens is 2. The Hall–Kier alpha value is -4.07. The van der Waals surface area contributed by atoms with E-state index in [0.29, 0.717) is 40.8 Å². The van der Waals surface area contributed by atoms with E-state index in [2.05, 4.69) is 25.6 Å². The minimum atomic E-state index is -0.619. The van der Waals surface area contributed by atoms with Crippen molar-refractivity contribution < 1.29 is 13.7 Å². The second-order valence-electron chi connectivity index (χ2n) is 10.8. The van der Waals surface area contributed by atoms with Crippen LogP contribution in [0.5, 0.6) is 5.88 Å². The first-order valence-electron chi connectivity index (χ1n) is 13.6. The lowest BCUT2D eigenvalue weighted by atomic mass is 9.92. The fourth-order valence-electron chi connectivity index (χ4n) is 5.29. The van der Waals surface area contributed by atoms with E-state index in [1.165, 1.54) is 6.07 Å². The van der Waals surface area contributed by atoms with Gasteiger partial charge in [0, 0.05) is 46.6 Å². The largest absolute Gasteiger partial charge is 0.473 e. The molecule has 0 unspecified atom stereocenters. The Balaban J connectivity index is 1.10. The topological polar surface area (TPSA) is 121 Å². The minimum Gasteiger partial charge on any atom is -0.473 e. The van der Waals surface area contributed by atoms with E-state index in [-0.39, 0.29) is 17.9 Å². The summed E-state index contributed by atoms with van der Waals surface area (Å²) < 4.78 is 24.6.